The number of hydrogen-bond acceptors (Lipinski definition) is 3. The first-order chi connectivity index (χ1) is 6.83. The van der Waals surface area contributed by atoms with Gasteiger partial charge in [-0.05, 0) is 19.4 Å². The van der Waals surface area contributed by atoms with E-state index in [1.54, 1.807) is 6.07 Å². The van der Waals surface area contributed by atoms with Gasteiger partial charge in [0.05, 0.1) is 6.61 Å². The average Bonchev–Trinajstić information content (AvgIpc) is 2.75. The van der Waals surface area contributed by atoms with Crippen LogP contribution in [0.2, 0.25) is 0 Å². The number of rotatable bonds is 1. The Morgan fingerprint density at radius 3 is 2.71 bits per heavy atom. The van der Waals surface area contributed by atoms with Gasteiger partial charge in [0.15, 0.2) is 0 Å². The number of aldehydes is 1. The molecule has 1 aliphatic heterocycles. The summed E-state index contributed by atoms with van der Waals surface area (Å²) in [7, 11) is 0. The van der Waals surface area contributed by atoms with Crippen LogP contribution in [0.1, 0.15) is 22.3 Å². The maximum absolute atomic E-state index is 10.2. The largest absolute Gasteiger partial charge is 0.302 e. The van der Waals surface area contributed by atoms with Crippen molar-refractivity contribution in [1.82, 2.24) is 5.48 Å². The molecular weight excluding hydrogens is 178 g/mol. The van der Waals surface area contributed by atoms with E-state index in [4.69, 9.17) is 4.84 Å². The number of hydrogen-bond donors (Lipinski definition) is 1. The van der Waals surface area contributed by atoms with Gasteiger partial charge in [-0.25, -0.2) is 5.48 Å². The molecule has 2 rings (SSSR count). The Hall–Kier alpha value is -1.19. The van der Waals surface area contributed by atoms with Crippen LogP contribution in [-0.2, 0) is 4.84 Å². The summed E-state index contributed by atoms with van der Waals surface area (Å²) in [5, 5.41) is 0. The van der Waals surface area contributed by atoms with E-state index in [9.17, 15) is 4.79 Å². The van der Waals surface area contributed by atoms with Crippen LogP contribution in [0.25, 0.3) is 0 Å². The Morgan fingerprint density at radius 1 is 1.50 bits per heavy atom. The van der Waals surface area contributed by atoms with Gasteiger partial charge in [0, 0.05) is 12.1 Å². The molecule has 0 spiro atoms. The predicted molar refractivity (Wildman–Crippen MR) is 55.1 cm³/mol. The fourth-order valence-corrected chi connectivity index (χ4v) is 1.10. The molecule has 1 aliphatic rings. The second kappa shape index (κ2) is 6.29. The number of nitrogens with one attached hydrogen (secondary N) is 1. The van der Waals surface area contributed by atoms with Crippen molar-refractivity contribution >= 4 is 6.29 Å². The third-order valence-electron chi connectivity index (χ3n) is 1.81. The smallest absolute Gasteiger partial charge is 0.150 e. The van der Waals surface area contributed by atoms with Crippen molar-refractivity contribution < 1.29 is 9.63 Å². The lowest BCUT2D eigenvalue weighted by Gasteiger charge is -1.89. The van der Waals surface area contributed by atoms with E-state index in [2.05, 4.69) is 5.48 Å². The fraction of sp³-hybridized carbons (Fsp3) is 0.364. The minimum atomic E-state index is 0.745. The van der Waals surface area contributed by atoms with Crippen LogP contribution < -0.4 is 5.48 Å². The zero-order valence-electron chi connectivity index (χ0n) is 8.32. The van der Waals surface area contributed by atoms with Crippen LogP contribution in [0, 0.1) is 6.92 Å². The second-order valence-corrected chi connectivity index (χ2v) is 3.13. The predicted octanol–water partition coefficient (Wildman–Crippen LogP) is 1.72. The molecule has 0 radical (unpaired) electrons. The van der Waals surface area contributed by atoms with Gasteiger partial charge >= 0.3 is 0 Å². The maximum Gasteiger partial charge on any atom is 0.150 e. The summed E-state index contributed by atoms with van der Waals surface area (Å²) in [6.45, 7) is 3.88. The molecule has 1 aromatic carbocycles. The average molecular weight is 193 g/mol. The molecule has 0 bridgehead atoms. The summed E-state index contributed by atoms with van der Waals surface area (Å²) in [6, 6.07) is 7.49. The Morgan fingerprint density at radius 2 is 2.36 bits per heavy atom. The molecule has 0 aliphatic carbocycles. The summed E-state index contributed by atoms with van der Waals surface area (Å²) in [5.74, 6) is 0. The van der Waals surface area contributed by atoms with Gasteiger partial charge in [-0.2, -0.15) is 0 Å². The molecule has 0 amide bonds. The van der Waals surface area contributed by atoms with E-state index in [0.717, 1.165) is 30.6 Å². The number of carbonyl (C=O) groups excluding carboxylic acids is 1. The molecule has 3 heteroatoms. The molecule has 1 fully saturated rings. The summed E-state index contributed by atoms with van der Waals surface area (Å²) >= 11 is 0. The van der Waals surface area contributed by atoms with Gasteiger partial charge in [0.25, 0.3) is 0 Å². The first kappa shape index (κ1) is 10.9. The Kier molecular flexibility index (Phi) is 4.89. The molecule has 1 saturated heterocycles. The van der Waals surface area contributed by atoms with E-state index < -0.39 is 0 Å². The van der Waals surface area contributed by atoms with Crippen molar-refractivity contribution in [3.05, 3.63) is 35.4 Å². The van der Waals surface area contributed by atoms with Gasteiger partial charge in [0.2, 0.25) is 0 Å². The van der Waals surface area contributed by atoms with E-state index >= 15 is 0 Å². The Labute approximate surface area is 84.0 Å². The summed E-state index contributed by atoms with van der Waals surface area (Å²) in [5.41, 5.74) is 4.59. The first-order valence-electron chi connectivity index (χ1n) is 4.69. The molecule has 0 saturated carbocycles. The highest BCUT2D eigenvalue weighted by atomic mass is 16.6. The van der Waals surface area contributed by atoms with Gasteiger partial charge < -0.3 is 4.84 Å². The number of benzene rings is 1. The normalized spacial score (nSPS) is 14.4. The van der Waals surface area contributed by atoms with Gasteiger partial charge in [-0.3, -0.25) is 4.79 Å². The molecule has 0 atom stereocenters. The van der Waals surface area contributed by atoms with Crippen molar-refractivity contribution in [2.45, 2.75) is 13.3 Å². The lowest BCUT2D eigenvalue weighted by molar-refractivity contribution is 0.103. The van der Waals surface area contributed by atoms with Gasteiger partial charge in [-0.1, -0.05) is 23.8 Å². The van der Waals surface area contributed by atoms with Crippen molar-refractivity contribution in [3.63, 3.8) is 0 Å². The molecule has 1 aromatic rings. The van der Waals surface area contributed by atoms with Crippen LogP contribution in [-0.4, -0.2) is 19.4 Å². The highest BCUT2D eigenvalue weighted by molar-refractivity contribution is 5.74. The summed E-state index contributed by atoms with van der Waals surface area (Å²) in [4.78, 5) is 14.9. The molecule has 0 aromatic heterocycles. The van der Waals surface area contributed by atoms with Crippen molar-refractivity contribution in [2.24, 2.45) is 0 Å². The first-order valence-corrected chi connectivity index (χ1v) is 4.69. The van der Waals surface area contributed by atoms with Gasteiger partial charge in [0.1, 0.15) is 6.29 Å². The monoisotopic (exact) mass is 193 g/mol. The van der Waals surface area contributed by atoms with Crippen molar-refractivity contribution in [2.75, 3.05) is 13.2 Å². The second-order valence-electron chi connectivity index (χ2n) is 3.13. The zero-order chi connectivity index (χ0) is 10.2. The SMILES string of the molecule is C1CNOC1.Cc1cccc(C=O)c1. The van der Waals surface area contributed by atoms with Crippen LogP contribution >= 0.6 is 0 Å². The summed E-state index contributed by atoms with van der Waals surface area (Å²) in [6.07, 6.45) is 2.02. The molecule has 76 valence electrons. The molecule has 0 unspecified atom stereocenters. The topological polar surface area (TPSA) is 38.3 Å². The Bertz CT molecular complexity index is 275. The van der Waals surface area contributed by atoms with Gasteiger partial charge in [-0.15, -0.1) is 0 Å². The van der Waals surface area contributed by atoms with E-state index in [1.165, 1.54) is 6.42 Å². The van der Waals surface area contributed by atoms with Crippen LogP contribution in [0.4, 0.5) is 0 Å². The molecule has 3 nitrogen and oxygen atoms in total. The van der Waals surface area contributed by atoms with Crippen molar-refractivity contribution in [3.8, 4) is 0 Å². The van der Waals surface area contributed by atoms with Crippen LogP contribution in [0.15, 0.2) is 24.3 Å². The highest BCUT2D eigenvalue weighted by Gasteiger charge is 1.93. The quantitative estimate of drug-likeness (QED) is 0.690. The molecule has 14 heavy (non-hydrogen) atoms. The minimum Gasteiger partial charge on any atom is -0.302 e. The third kappa shape index (κ3) is 4.16. The fourth-order valence-electron chi connectivity index (χ4n) is 1.10. The molecular formula is C11H15NO2. The zero-order valence-corrected chi connectivity index (χ0v) is 8.32. The molecule has 1 N–H and O–H groups in total. The lowest BCUT2D eigenvalue weighted by Crippen LogP contribution is -2.01. The Balaban J connectivity index is 0.000000165. The maximum atomic E-state index is 10.2. The summed E-state index contributed by atoms with van der Waals surface area (Å²) < 4.78 is 0. The minimum absolute atomic E-state index is 0.745. The van der Waals surface area contributed by atoms with E-state index in [1.807, 2.05) is 25.1 Å². The standard InChI is InChI=1S/C8H8O.C3H7NO/c1-7-3-2-4-8(5-7)6-9;1-2-4-5-3-1/h2-6H,1H3;4H,1-3H2. The third-order valence-corrected chi connectivity index (χ3v) is 1.81. The number of hydroxylamine groups is 1. The van der Waals surface area contributed by atoms with E-state index in [0.29, 0.717) is 0 Å². The van der Waals surface area contributed by atoms with Crippen molar-refractivity contribution in [1.29, 1.82) is 0 Å². The van der Waals surface area contributed by atoms with Crippen LogP contribution in [0.3, 0.4) is 0 Å². The van der Waals surface area contributed by atoms with E-state index in [-0.39, 0.29) is 0 Å². The lowest BCUT2D eigenvalue weighted by atomic mass is 10.2. The van der Waals surface area contributed by atoms with Crippen LogP contribution in [0.5, 0.6) is 0 Å². The highest BCUT2D eigenvalue weighted by Crippen LogP contribution is 1.99. The number of carbonyl (C=O) groups is 1. The number of aryl methyl sites for hydroxylation is 1. The molecule has 1 heterocycles.